The second-order valence-corrected chi connectivity index (χ2v) is 12.6. The van der Waals surface area contributed by atoms with Gasteiger partial charge >= 0.3 is 11.9 Å². The maximum absolute atomic E-state index is 14.5. The van der Waals surface area contributed by atoms with E-state index < -0.39 is 41.1 Å². The Kier molecular flexibility index (Phi) is 8.17. The molecule has 214 valence electrons. The summed E-state index contributed by atoms with van der Waals surface area (Å²) in [4.78, 5) is 39.8. The van der Waals surface area contributed by atoms with E-state index in [-0.39, 0.29) is 40.9 Å². The predicted octanol–water partition coefficient (Wildman–Crippen LogP) is 4.63. The van der Waals surface area contributed by atoms with Crippen molar-refractivity contribution in [2.75, 3.05) is 7.11 Å². The molecule has 4 aliphatic carbocycles. The van der Waals surface area contributed by atoms with Crippen molar-refractivity contribution in [1.82, 2.24) is 0 Å². The fraction of sp³-hybridized carbons (Fsp3) is 0.656. The van der Waals surface area contributed by atoms with Crippen LogP contribution in [0.3, 0.4) is 0 Å². The minimum Gasteiger partial charge on any atom is -0.469 e. The Morgan fingerprint density at radius 2 is 1.92 bits per heavy atom. The number of unbranched alkanes of at least 4 members (excludes halogenated alkanes) is 3. The van der Waals surface area contributed by atoms with Crippen LogP contribution in [0.25, 0.3) is 0 Å². The van der Waals surface area contributed by atoms with Crippen LogP contribution in [-0.4, -0.2) is 52.9 Å². The molecule has 39 heavy (non-hydrogen) atoms. The number of allylic oxidation sites excluding steroid dienone is 4. The number of ether oxygens (including phenoxy) is 2. The van der Waals surface area contributed by atoms with Gasteiger partial charge in [0, 0.05) is 12.0 Å². The molecule has 2 unspecified atom stereocenters. The van der Waals surface area contributed by atoms with E-state index in [2.05, 4.69) is 20.8 Å². The molecule has 1 spiro atoms. The SMILES string of the molecule is CCCCC/C=C\C=C\C(=O)O[C@H]1C(C)=CC23C(=O)[C@H](C=C(CC(=O)OC)[C@@H](O)[C@]12O)[C@H]1C(C[C@H]3C)C1(C)C. The lowest BCUT2D eigenvalue weighted by atomic mass is 9.59. The molecule has 0 aliphatic heterocycles. The summed E-state index contributed by atoms with van der Waals surface area (Å²) >= 11 is 0. The fourth-order valence-corrected chi connectivity index (χ4v) is 7.83. The first-order chi connectivity index (χ1) is 18.4. The Balaban J connectivity index is 1.70. The number of aliphatic hydroxyl groups excluding tert-OH is 1. The van der Waals surface area contributed by atoms with Crippen LogP contribution in [0.1, 0.15) is 73.1 Å². The quantitative estimate of drug-likeness (QED) is 0.144. The van der Waals surface area contributed by atoms with Gasteiger partial charge in [0.15, 0.2) is 17.5 Å². The van der Waals surface area contributed by atoms with Crippen LogP contribution in [0.4, 0.5) is 0 Å². The minimum absolute atomic E-state index is 0.0383. The average Bonchev–Trinajstić information content (AvgIpc) is 3.38. The van der Waals surface area contributed by atoms with Crippen molar-refractivity contribution in [3.05, 3.63) is 47.6 Å². The van der Waals surface area contributed by atoms with Gasteiger partial charge in [0.2, 0.25) is 0 Å². The largest absolute Gasteiger partial charge is 0.469 e. The van der Waals surface area contributed by atoms with E-state index in [0.717, 1.165) is 25.7 Å². The standard InChI is InChI=1S/C32H44O7/c1-7-8-9-10-11-12-13-14-24(33)39-29-19(2)18-31-20(3)15-23-26(30(23,4)5)22(28(31)36)16-21(17-25(34)38-6)27(35)32(29,31)37/h11-14,16,18,20,22-23,26-27,29,35,37H,7-10,15,17H2,1-6H3/b12-11-,14-13+/t20-,22-,23?,26+,27-,29+,31?,32+/m1/s1. The van der Waals surface area contributed by atoms with E-state index in [9.17, 15) is 24.6 Å². The molecule has 7 heteroatoms. The first-order valence-corrected chi connectivity index (χ1v) is 14.3. The molecule has 0 saturated heterocycles. The van der Waals surface area contributed by atoms with Crippen molar-refractivity contribution in [2.24, 2.45) is 34.5 Å². The molecular formula is C32H44O7. The van der Waals surface area contributed by atoms with Gasteiger partial charge in [-0.15, -0.1) is 0 Å². The third-order valence-corrected chi connectivity index (χ3v) is 9.98. The molecule has 0 radical (unpaired) electrons. The van der Waals surface area contributed by atoms with Crippen molar-refractivity contribution < 1.29 is 34.1 Å². The summed E-state index contributed by atoms with van der Waals surface area (Å²) in [6, 6.07) is 0. The smallest absolute Gasteiger partial charge is 0.331 e. The van der Waals surface area contributed by atoms with Crippen molar-refractivity contribution in [1.29, 1.82) is 0 Å². The Morgan fingerprint density at radius 1 is 1.21 bits per heavy atom. The third kappa shape index (κ3) is 4.65. The van der Waals surface area contributed by atoms with E-state index in [1.54, 1.807) is 31.2 Å². The fourth-order valence-electron chi connectivity index (χ4n) is 7.83. The summed E-state index contributed by atoms with van der Waals surface area (Å²) in [7, 11) is 1.26. The number of ketones is 1. The monoisotopic (exact) mass is 540 g/mol. The van der Waals surface area contributed by atoms with Gasteiger partial charge in [-0.05, 0) is 60.5 Å². The van der Waals surface area contributed by atoms with E-state index in [0.29, 0.717) is 12.0 Å². The van der Waals surface area contributed by atoms with E-state index >= 15 is 0 Å². The number of methoxy groups -OCH3 is 1. The minimum atomic E-state index is -2.16. The summed E-state index contributed by atoms with van der Waals surface area (Å²) in [5.74, 6) is -2.04. The highest BCUT2D eigenvalue weighted by Crippen LogP contribution is 2.71. The van der Waals surface area contributed by atoms with Gasteiger partial charge < -0.3 is 19.7 Å². The second kappa shape index (κ2) is 10.8. The Hall–Kier alpha value is -2.51. The summed E-state index contributed by atoms with van der Waals surface area (Å²) in [6.45, 7) is 10.1. The zero-order valence-corrected chi connectivity index (χ0v) is 24.1. The van der Waals surface area contributed by atoms with E-state index in [1.165, 1.54) is 13.2 Å². The topological polar surface area (TPSA) is 110 Å². The summed E-state index contributed by atoms with van der Waals surface area (Å²) < 4.78 is 10.7. The third-order valence-electron chi connectivity index (χ3n) is 9.98. The van der Waals surface area contributed by atoms with Crippen LogP contribution in [0.15, 0.2) is 47.6 Å². The molecule has 4 rings (SSSR count). The van der Waals surface area contributed by atoms with Crippen LogP contribution < -0.4 is 0 Å². The van der Waals surface area contributed by atoms with Crippen LogP contribution in [0.2, 0.25) is 0 Å². The van der Waals surface area contributed by atoms with Gasteiger partial charge in [-0.25, -0.2) is 4.79 Å². The lowest BCUT2D eigenvalue weighted by molar-refractivity contribution is -0.201. The molecule has 2 fully saturated rings. The molecule has 2 saturated carbocycles. The maximum Gasteiger partial charge on any atom is 0.331 e. The van der Waals surface area contributed by atoms with Gasteiger partial charge in [-0.3, -0.25) is 9.59 Å². The van der Waals surface area contributed by atoms with E-state index in [1.807, 2.05) is 13.0 Å². The molecule has 8 atom stereocenters. The molecule has 0 aromatic carbocycles. The van der Waals surface area contributed by atoms with Crippen molar-refractivity contribution in [3.63, 3.8) is 0 Å². The normalized spacial score (nSPS) is 38.4. The molecule has 4 aliphatic rings. The summed E-state index contributed by atoms with van der Waals surface area (Å²) in [6.07, 6.45) is 11.9. The number of hydrogen-bond donors (Lipinski definition) is 2. The van der Waals surface area contributed by atoms with Gasteiger partial charge in [-0.2, -0.15) is 0 Å². The zero-order chi connectivity index (χ0) is 28.8. The number of esters is 2. The molecule has 2 N–H and O–H groups in total. The zero-order valence-electron chi connectivity index (χ0n) is 24.1. The number of rotatable bonds is 9. The number of hydrogen-bond acceptors (Lipinski definition) is 7. The lowest BCUT2D eigenvalue weighted by Gasteiger charge is -2.48. The Morgan fingerprint density at radius 3 is 2.59 bits per heavy atom. The molecule has 0 aromatic rings. The average molecular weight is 541 g/mol. The number of aliphatic hydroxyl groups is 2. The lowest BCUT2D eigenvalue weighted by Crippen LogP contribution is -2.65. The number of carbonyl (C=O) groups is 3. The summed E-state index contributed by atoms with van der Waals surface area (Å²) in [5.41, 5.74) is -2.96. The molecular weight excluding hydrogens is 496 g/mol. The van der Waals surface area contributed by atoms with Gasteiger partial charge in [0.1, 0.15) is 6.10 Å². The Labute approximate surface area is 232 Å². The van der Waals surface area contributed by atoms with Crippen molar-refractivity contribution in [3.8, 4) is 0 Å². The first kappa shape index (κ1) is 29.5. The first-order valence-electron chi connectivity index (χ1n) is 14.3. The molecule has 7 nitrogen and oxygen atoms in total. The van der Waals surface area contributed by atoms with Crippen LogP contribution >= 0.6 is 0 Å². The number of Topliss-reactive ketones (excluding diaryl/α,β-unsaturated/α-hetero) is 1. The summed E-state index contributed by atoms with van der Waals surface area (Å²) in [5, 5.41) is 24.4. The van der Waals surface area contributed by atoms with Gasteiger partial charge in [0.05, 0.1) is 18.9 Å². The van der Waals surface area contributed by atoms with Crippen LogP contribution in [-0.2, 0) is 23.9 Å². The van der Waals surface area contributed by atoms with Crippen LogP contribution in [0, 0.1) is 34.5 Å². The maximum atomic E-state index is 14.5. The molecule has 0 amide bonds. The highest BCUT2D eigenvalue weighted by Gasteiger charge is 2.76. The van der Waals surface area contributed by atoms with Crippen molar-refractivity contribution >= 4 is 17.7 Å². The van der Waals surface area contributed by atoms with Gasteiger partial charge in [0.25, 0.3) is 0 Å². The van der Waals surface area contributed by atoms with E-state index in [4.69, 9.17) is 9.47 Å². The van der Waals surface area contributed by atoms with Crippen LogP contribution in [0.5, 0.6) is 0 Å². The predicted molar refractivity (Wildman–Crippen MR) is 147 cm³/mol. The molecule has 2 bridgehead atoms. The molecule has 0 heterocycles. The molecule has 0 aromatic heterocycles. The van der Waals surface area contributed by atoms with Crippen molar-refractivity contribution in [2.45, 2.75) is 91.0 Å². The highest BCUT2D eigenvalue weighted by molar-refractivity contribution is 5.96. The second-order valence-electron chi connectivity index (χ2n) is 12.6. The number of fused-ring (bicyclic) bond motifs is 3. The van der Waals surface area contributed by atoms with Gasteiger partial charge in [-0.1, -0.05) is 70.9 Å². The number of carbonyl (C=O) groups excluding carboxylic acids is 3. The Bertz CT molecular complexity index is 1130. The highest BCUT2D eigenvalue weighted by atomic mass is 16.6.